The van der Waals surface area contributed by atoms with Crippen LogP contribution in [0.25, 0.3) is 0 Å². The van der Waals surface area contributed by atoms with E-state index in [0.29, 0.717) is 12.0 Å². The molecule has 0 radical (unpaired) electrons. The van der Waals surface area contributed by atoms with Gasteiger partial charge in [-0.25, -0.2) is 4.99 Å². The number of nitrogens with zero attached hydrogens (tertiary/aromatic N) is 1. The van der Waals surface area contributed by atoms with Crippen molar-refractivity contribution in [2.45, 2.75) is 44.7 Å². The molecule has 0 bridgehead atoms. The molecule has 1 aromatic carbocycles. The second-order valence-electron chi connectivity index (χ2n) is 5.65. The van der Waals surface area contributed by atoms with E-state index < -0.39 is 0 Å². The molecule has 3 N–H and O–H groups in total. The molecule has 4 nitrogen and oxygen atoms in total. The van der Waals surface area contributed by atoms with E-state index >= 15 is 0 Å². The fraction of sp³-hybridized carbons (Fsp3) is 0.533. The first-order valence-corrected chi connectivity index (χ1v) is 6.70. The lowest BCUT2D eigenvalue weighted by Gasteiger charge is -2.15. The lowest BCUT2D eigenvalue weighted by molar-refractivity contribution is 0.405. The third kappa shape index (κ3) is 2.83. The van der Waals surface area contributed by atoms with Crippen LogP contribution in [0.2, 0.25) is 0 Å². The van der Waals surface area contributed by atoms with Gasteiger partial charge in [0.2, 0.25) is 0 Å². The molecule has 0 saturated heterocycles. The molecule has 0 heterocycles. The number of aliphatic imine (C=N–C) groups is 1. The fourth-order valence-electron chi connectivity index (χ4n) is 2.44. The molecule has 2 rings (SSSR count). The van der Waals surface area contributed by atoms with Gasteiger partial charge in [-0.05, 0) is 26.3 Å². The van der Waals surface area contributed by atoms with E-state index in [1.54, 1.807) is 7.11 Å². The van der Waals surface area contributed by atoms with Crippen molar-refractivity contribution in [2.75, 3.05) is 7.11 Å². The van der Waals surface area contributed by atoms with Crippen molar-refractivity contribution < 1.29 is 4.74 Å². The molecule has 1 aromatic rings. The van der Waals surface area contributed by atoms with Crippen LogP contribution in [0.3, 0.4) is 0 Å². The number of ether oxygens (including phenoxy) is 1. The predicted octanol–water partition coefficient (Wildman–Crippen LogP) is 2.04. The third-order valence-electron chi connectivity index (χ3n) is 3.65. The Morgan fingerprint density at radius 2 is 2.16 bits per heavy atom. The summed E-state index contributed by atoms with van der Waals surface area (Å²) in [6, 6.07) is 8.67. The topological polar surface area (TPSA) is 59.6 Å². The molecule has 19 heavy (non-hydrogen) atoms. The van der Waals surface area contributed by atoms with Gasteiger partial charge in [0.25, 0.3) is 0 Å². The Bertz CT molecular complexity index is 484. The standard InChI is InChI=1S/C15H23N3O/c1-10(2)17-14(16)18-13-9-15(13,3)11-7-5-6-8-12(11)19-4/h5-8,10,13H,9H2,1-4H3,(H3,16,17,18). The summed E-state index contributed by atoms with van der Waals surface area (Å²) >= 11 is 0. The number of nitrogens with one attached hydrogen (secondary N) is 1. The van der Waals surface area contributed by atoms with Crippen LogP contribution in [-0.4, -0.2) is 25.2 Å². The summed E-state index contributed by atoms with van der Waals surface area (Å²) < 4.78 is 5.43. The molecule has 104 valence electrons. The smallest absolute Gasteiger partial charge is 0.189 e. The van der Waals surface area contributed by atoms with Crippen LogP contribution in [0, 0.1) is 0 Å². The summed E-state index contributed by atoms with van der Waals surface area (Å²) in [5.41, 5.74) is 7.14. The van der Waals surface area contributed by atoms with E-state index in [0.717, 1.165) is 12.2 Å². The van der Waals surface area contributed by atoms with Gasteiger partial charge in [0.1, 0.15) is 5.75 Å². The average molecular weight is 261 g/mol. The summed E-state index contributed by atoms with van der Waals surface area (Å²) in [6.45, 7) is 6.31. The molecule has 1 aliphatic rings. The van der Waals surface area contributed by atoms with Crippen LogP contribution in [0.5, 0.6) is 5.75 Å². The molecule has 0 spiro atoms. The Balaban J connectivity index is 2.15. The van der Waals surface area contributed by atoms with Crippen molar-refractivity contribution in [3.05, 3.63) is 29.8 Å². The highest BCUT2D eigenvalue weighted by molar-refractivity contribution is 5.78. The van der Waals surface area contributed by atoms with Crippen molar-refractivity contribution >= 4 is 5.96 Å². The summed E-state index contributed by atoms with van der Waals surface area (Å²) in [6.07, 6.45) is 1.01. The SMILES string of the molecule is COc1ccccc1C1(C)CC1N=C(N)NC(C)C. The minimum atomic E-state index is 0.0376. The first kappa shape index (κ1) is 13.7. The highest BCUT2D eigenvalue weighted by Gasteiger charge is 2.53. The molecule has 0 aliphatic heterocycles. The predicted molar refractivity (Wildman–Crippen MR) is 78.6 cm³/mol. The largest absolute Gasteiger partial charge is 0.496 e. The zero-order valence-corrected chi connectivity index (χ0v) is 12.1. The number of hydrogen-bond donors (Lipinski definition) is 2. The molecule has 0 amide bonds. The quantitative estimate of drug-likeness (QED) is 0.644. The Labute approximate surface area is 115 Å². The molecular weight excluding hydrogens is 238 g/mol. The second kappa shape index (κ2) is 5.11. The van der Waals surface area contributed by atoms with E-state index in [-0.39, 0.29) is 11.5 Å². The molecule has 1 saturated carbocycles. The monoisotopic (exact) mass is 261 g/mol. The Morgan fingerprint density at radius 1 is 1.47 bits per heavy atom. The lowest BCUT2D eigenvalue weighted by atomic mass is 9.96. The molecule has 0 aromatic heterocycles. The van der Waals surface area contributed by atoms with Gasteiger partial charge in [-0.3, -0.25) is 0 Å². The van der Waals surface area contributed by atoms with E-state index in [1.807, 2.05) is 18.2 Å². The average Bonchev–Trinajstić information content (AvgIpc) is 2.99. The van der Waals surface area contributed by atoms with Crippen LogP contribution in [-0.2, 0) is 5.41 Å². The van der Waals surface area contributed by atoms with Crippen LogP contribution in [0.15, 0.2) is 29.3 Å². The van der Waals surface area contributed by atoms with Crippen molar-refractivity contribution in [1.82, 2.24) is 5.32 Å². The maximum atomic E-state index is 5.89. The van der Waals surface area contributed by atoms with Crippen molar-refractivity contribution in [3.8, 4) is 5.75 Å². The van der Waals surface area contributed by atoms with E-state index in [2.05, 4.69) is 37.1 Å². The van der Waals surface area contributed by atoms with Crippen LogP contribution in [0.4, 0.5) is 0 Å². The number of nitrogens with two attached hydrogens (primary N) is 1. The first-order chi connectivity index (χ1) is 8.97. The minimum Gasteiger partial charge on any atom is -0.496 e. The van der Waals surface area contributed by atoms with Gasteiger partial charge in [-0.1, -0.05) is 25.1 Å². The van der Waals surface area contributed by atoms with Crippen molar-refractivity contribution in [3.63, 3.8) is 0 Å². The second-order valence-corrected chi connectivity index (χ2v) is 5.65. The first-order valence-electron chi connectivity index (χ1n) is 6.70. The normalized spacial score (nSPS) is 26.4. The van der Waals surface area contributed by atoms with Crippen LogP contribution in [0.1, 0.15) is 32.8 Å². The van der Waals surface area contributed by atoms with Gasteiger partial charge >= 0.3 is 0 Å². The van der Waals surface area contributed by atoms with Gasteiger partial charge in [-0.15, -0.1) is 0 Å². The summed E-state index contributed by atoms with van der Waals surface area (Å²) in [4.78, 5) is 4.56. The van der Waals surface area contributed by atoms with Gasteiger partial charge in [-0.2, -0.15) is 0 Å². The minimum absolute atomic E-state index is 0.0376. The Morgan fingerprint density at radius 3 is 2.79 bits per heavy atom. The molecule has 1 aliphatic carbocycles. The maximum absolute atomic E-state index is 5.89. The van der Waals surface area contributed by atoms with Gasteiger partial charge < -0.3 is 15.8 Å². The number of guanidine groups is 1. The zero-order chi connectivity index (χ0) is 14.0. The molecule has 1 fully saturated rings. The summed E-state index contributed by atoms with van der Waals surface area (Å²) in [7, 11) is 1.71. The third-order valence-corrected chi connectivity index (χ3v) is 3.65. The van der Waals surface area contributed by atoms with Crippen molar-refractivity contribution in [2.24, 2.45) is 10.7 Å². The van der Waals surface area contributed by atoms with Crippen LogP contribution >= 0.6 is 0 Å². The van der Waals surface area contributed by atoms with Gasteiger partial charge in [0, 0.05) is 17.0 Å². The van der Waals surface area contributed by atoms with Gasteiger partial charge in [0.15, 0.2) is 5.96 Å². The fourth-order valence-corrected chi connectivity index (χ4v) is 2.44. The Kier molecular flexibility index (Phi) is 3.69. The van der Waals surface area contributed by atoms with Crippen molar-refractivity contribution in [1.29, 1.82) is 0 Å². The van der Waals surface area contributed by atoms with Gasteiger partial charge in [0.05, 0.1) is 13.2 Å². The maximum Gasteiger partial charge on any atom is 0.189 e. The summed E-state index contributed by atoms with van der Waals surface area (Å²) in [5.74, 6) is 1.46. The number of rotatable bonds is 4. The number of methoxy groups -OCH3 is 1. The molecular formula is C15H23N3O. The van der Waals surface area contributed by atoms with E-state index in [9.17, 15) is 0 Å². The van der Waals surface area contributed by atoms with Crippen LogP contribution < -0.4 is 15.8 Å². The number of benzene rings is 1. The molecule has 4 heteroatoms. The molecule has 2 unspecified atom stereocenters. The zero-order valence-electron chi connectivity index (χ0n) is 12.1. The molecule has 2 atom stereocenters. The lowest BCUT2D eigenvalue weighted by Crippen LogP contribution is -2.37. The number of hydrogen-bond acceptors (Lipinski definition) is 2. The Hall–Kier alpha value is -1.71. The van der Waals surface area contributed by atoms with E-state index in [1.165, 1.54) is 5.56 Å². The van der Waals surface area contributed by atoms with E-state index in [4.69, 9.17) is 10.5 Å². The highest BCUT2D eigenvalue weighted by atomic mass is 16.5. The number of para-hydroxylation sites is 1. The summed E-state index contributed by atoms with van der Waals surface area (Å²) in [5, 5.41) is 3.13. The highest BCUT2D eigenvalue weighted by Crippen LogP contribution is 2.52.